The third-order valence-electron chi connectivity index (χ3n) is 5.16. The zero-order valence-electron chi connectivity index (χ0n) is 16.4. The normalized spacial score (nSPS) is 18.0. The molecule has 6 nitrogen and oxygen atoms in total. The van der Waals surface area contributed by atoms with Crippen LogP contribution in [-0.2, 0) is 9.53 Å². The summed E-state index contributed by atoms with van der Waals surface area (Å²) in [5.74, 6) is -5.76. The number of Topliss-reactive ketones (excluding diaryl/α,β-unsaturated/α-hetero) is 1. The van der Waals surface area contributed by atoms with E-state index >= 15 is 0 Å². The van der Waals surface area contributed by atoms with Crippen molar-refractivity contribution in [3.05, 3.63) is 63.3 Å². The number of carbonyl (C=O) groups is 2. The average molecular weight is 497 g/mol. The number of ether oxygens (including phenoxy) is 2. The van der Waals surface area contributed by atoms with E-state index < -0.39 is 41.8 Å². The smallest absolute Gasteiger partial charge is 0.387 e. The van der Waals surface area contributed by atoms with Gasteiger partial charge < -0.3 is 13.9 Å². The van der Waals surface area contributed by atoms with Gasteiger partial charge in [-0.15, -0.1) is 0 Å². The molecule has 1 aliphatic carbocycles. The lowest BCUT2D eigenvalue weighted by Gasteiger charge is -2.22. The maximum Gasteiger partial charge on any atom is 0.387 e. The molecule has 3 aromatic rings. The number of benzene rings is 1. The number of hydrogen-bond acceptors (Lipinski definition) is 5. The van der Waals surface area contributed by atoms with Gasteiger partial charge in [0, 0.05) is 16.2 Å². The predicted octanol–water partition coefficient (Wildman–Crippen LogP) is 4.65. The first-order chi connectivity index (χ1) is 14.7. The molecule has 2 unspecified atom stereocenters. The Balaban J connectivity index is 2.01. The van der Waals surface area contributed by atoms with Gasteiger partial charge in [0.1, 0.15) is 17.3 Å². The number of carbonyl (C=O) groups excluding carboxylic acids is 2. The van der Waals surface area contributed by atoms with Gasteiger partial charge in [0.05, 0.1) is 18.2 Å². The fourth-order valence-electron chi connectivity index (χ4n) is 3.90. The number of aryl methyl sites for hydroxylation is 1. The zero-order chi connectivity index (χ0) is 22.4. The maximum atomic E-state index is 14.5. The lowest BCUT2D eigenvalue weighted by molar-refractivity contribution is -0.146. The standard InChI is InChI=1S/C21H16BrF3N2O4/c1-3-30-20(29)15-14(10-5-4-6-12(23)19(10)31-21(24)25)17-16(18(15)28)26-13-7-9(2)11(22)8-27(13)17/h4-8,14-15,21H,3H2,1-2H3. The van der Waals surface area contributed by atoms with Gasteiger partial charge in [-0.05, 0) is 47.5 Å². The summed E-state index contributed by atoms with van der Waals surface area (Å²) in [7, 11) is 0. The molecule has 2 heterocycles. The van der Waals surface area contributed by atoms with E-state index in [1.165, 1.54) is 12.1 Å². The maximum absolute atomic E-state index is 14.5. The van der Waals surface area contributed by atoms with E-state index in [9.17, 15) is 22.8 Å². The van der Waals surface area contributed by atoms with Crippen LogP contribution in [0.1, 0.15) is 40.2 Å². The third-order valence-corrected chi connectivity index (χ3v) is 5.99. The van der Waals surface area contributed by atoms with E-state index in [0.717, 1.165) is 11.6 Å². The molecule has 31 heavy (non-hydrogen) atoms. The van der Waals surface area contributed by atoms with Crippen LogP contribution in [0.25, 0.3) is 5.65 Å². The van der Waals surface area contributed by atoms with Crippen molar-refractivity contribution in [2.24, 2.45) is 5.92 Å². The zero-order valence-corrected chi connectivity index (χ0v) is 18.0. The second-order valence-electron chi connectivity index (χ2n) is 6.99. The van der Waals surface area contributed by atoms with Gasteiger partial charge in [-0.3, -0.25) is 9.59 Å². The number of aromatic nitrogens is 2. The molecular weight excluding hydrogens is 481 g/mol. The van der Waals surface area contributed by atoms with Crippen molar-refractivity contribution < 1.29 is 32.2 Å². The highest BCUT2D eigenvalue weighted by atomic mass is 79.9. The number of pyridine rings is 1. The van der Waals surface area contributed by atoms with E-state index in [1.54, 1.807) is 23.6 Å². The Kier molecular flexibility index (Phi) is 5.50. The number of nitrogens with zero attached hydrogens (tertiary/aromatic N) is 2. The van der Waals surface area contributed by atoms with Crippen LogP contribution in [0.15, 0.2) is 34.9 Å². The highest BCUT2D eigenvalue weighted by molar-refractivity contribution is 9.10. The van der Waals surface area contributed by atoms with Crippen LogP contribution in [0.5, 0.6) is 5.75 Å². The summed E-state index contributed by atoms with van der Waals surface area (Å²) >= 11 is 3.42. The Morgan fingerprint density at radius 1 is 1.35 bits per heavy atom. The minimum Gasteiger partial charge on any atom is -0.465 e. The minimum absolute atomic E-state index is 0.00723. The molecule has 162 valence electrons. The van der Waals surface area contributed by atoms with Gasteiger partial charge in [-0.2, -0.15) is 8.78 Å². The van der Waals surface area contributed by atoms with Crippen molar-refractivity contribution in [3.8, 4) is 5.75 Å². The van der Waals surface area contributed by atoms with Crippen molar-refractivity contribution in [1.82, 2.24) is 9.38 Å². The molecule has 0 bridgehead atoms. The van der Waals surface area contributed by atoms with Crippen molar-refractivity contribution in [2.75, 3.05) is 6.61 Å². The minimum atomic E-state index is -3.30. The Morgan fingerprint density at radius 2 is 2.10 bits per heavy atom. The molecule has 1 aromatic carbocycles. The first-order valence-electron chi connectivity index (χ1n) is 9.36. The first-order valence-corrected chi connectivity index (χ1v) is 10.2. The Bertz CT molecular complexity index is 1210. The molecule has 1 aliphatic rings. The highest BCUT2D eigenvalue weighted by Crippen LogP contribution is 2.47. The van der Waals surface area contributed by atoms with Gasteiger partial charge in [-0.1, -0.05) is 12.1 Å². The van der Waals surface area contributed by atoms with Gasteiger partial charge in [0.2, 0.25) is 0 Å². The van der Waals surface area contributed by atoms with E-state index in [1.807, 2.05) is 6.92 Å². The molecular formula is C21H16BrF3N2O4. The molecule has 10 heteroatoms. The first kappa shape index (κ1) is 21.4. The number of imidazole rings is 1. The van der Waals surface area contributed by atoms with Crippen LogP contribution in [-0.4, -0.2) is 34.4 Å². The van der Waals surface area contributed by atoms with Crippen LogP contribution in [0, 0.1) is 18.7 Å². The molecule has 0 saturated carbocycles. The van der Waals surface area contributed by atoms with Crippen molar-refractivity contribution in [1.29, 1.82) is 0 Å². The number of esters is 1. The molecule has 0 amide bonds. The van der Waals surface area contributed by atoms with Gasteiger partial charge in [0.15, 0.2) is 17.3 Å². The summed E-state index contributed by atoms with van der Waals surface area (Å²) in [6.07, 6.45) is 1.66. The Labute approximate surface area is 183 Å². The number of rotatable bonds is 5. The SMILES string of the molecule is CCOC(=O)C1C(=O)c2nc3cc(C)c(Br)cn3c2C1c1cccc(F)c1OC(F)F. The van der Waals surface area contributed by atoms with Crippen molar-refractivity contribution >= 4 is 33.3 Å². The lowest BCUT2D eigenvalue weighted by atomic mass is 9.86. The Hall–Kier alpha value is -2.88. The van der Waals surface area contributed by atoms with Crippen LogP contribution in [0.3, 0.4) is 0 Å². The molecule has 2 aromatic heterocycles. The number of alkyl halides is 2. The predicted molar refractivity (Wildman–Crippen MR) is 107 cm³/mol. The molecule has 0 spiro atoms. The van der Waals surface area contributed by atoms with Gasteiger partial charge in [0.25, 0.3) is 0 Å². The van der Waals surface area contributed by atoms with E-state index in [0.29, 0.717) is 10.1 Å². The van der Waals surface area contributed by atoms with E-state index in [4.69, 9.17) is 4.74 Å². The molecule has 0 aliphatic heterocycles. The van der Waals surface area contributed by atoms with E-state index in [-0.39, 0.29) is 23.6 Å². The largest absolute Gasteiger partial charge is 0.465 e. The topological polar surface area (TPSA) is 69.9 Å². The molecule has 0 saturated heterocycles. The fraction of sp³-hybridized carbons (Fsp3) is 0.286. The summed E-state index contributed by atoms with van der Waals surface area (Å²) in [4.78, 5) is 30.3. The lowest BCUT2D eigenvalue weighted by Crippen LogP contribution is -2.28. The number of hydrogen-bond donors (Lipinski definition) is 0. The van der Waals surface area contributed by atoms with Crippen LogP contribution in [0.4, 0.5) is 13.2 Å². The molecule has 2 atom stereocenters. The van der Waals surface area contributed by atoms with Crippen molar-refractivity contribution in [3.63, 3.8) is 0 Å². The summed E-state index contributed by atoms with van der Waals surface area (Å²) in [5.41, 5.74) is 1.51. The number of halogens is 4. The third kappa shape index (κ3) is 3.48. The van der Waals surface area contributed by atoms with Gasteiger partial charge in [-0.25, -0.2) is 9.37 Å². The van der Waals surface area contributed by atoms with Crippen LogP contribution >= 0.6 is 15.9 Å². The second-order valence-corrected chi connectivity index (χ2v) is 7.84. The number of para-hydroxylation sites is 1. The fourth-order valence-corrected chi connectivity index (χ4v) is 4.22. The molecule has 0 fully saturated rings. The van der Waals surface area contributed by atoms with Crippen molar-refractivity contribution in [2.45, 2.75) is 26.4 Å². The molecule has 0 N–H and O–H groups in total. The van der Waals surface area contributed by atoms with Crippen LogP contribution < -0.4 is 4.74 Å². The van der Waals surface area contributed by atoms with Gasteiger partial charge >= 0.3 is 12.6 Å². The summed E-state index contributed by atoms with van der Waals surface area (Å²) in [6.45, 7) is 0.128. The quantitative estimate of drug-likeness (QED) is 0.379. The number of fused-ring (bicyclic) bond motifs is 3. The average Bonchev–Trinajstić information content (AvgIpc) is 3.18. The summed E-state index contributed by atoms with van der Waals surface area (Å²) in [6, 6.07) is 5.35. The number of ketones is 1. The molecule has 4 rings (SSSR count). The summed E-state index contributed by atoms with van der Waals surface area (Å²) < 4.78 is 52.4. The van der Waals surface area contributed by atoms with Crippen LogP contribution in [0.2, 0.25) is 0 Å². The molecule has 0 radical (unpaired) electrons. The monoisotopic (exact) mass is 496 g/mol. The highest BCUT2D eigenvalue weighted by Gasteiger charge is 2.50. The second kappa shape index (κ2) is 7.99. The summed E-state index contributed by atoms with van der Waals surface area (Å²) in [5, 5.41) is 0. The van der Waals surface area contributed by atoms with E-state index in [2.05, 4.69) is 25.7 Å². The Morgan fingerprint density at radius 3 is 2.77 bits per heavy atom.